The topological polar surface area (TPSA) is 34.9 Å². The summed E-state index contributed by atoms with van der Waals surface area (Å²) in [7, 11) is 1.85. The SMILES string of the molecule is Cn1ccnc1C(=O)CC1CC1. The first-order valence-electron chi connectivity index (χ1n) is 4.28. The standard InChI is InChI=1S/C9H12N2O/c1-11-5-4-10-9(11)8(12)6-7-2-3-7/h4-5,7H,2-3,6H2,1H3. The molecule has 1 fully saturated rings. The van der Waals surface area contributed by atoms with E-state index in [1.54, 1.807) is 17.0 Å². The third-order valence-electron chi connectivity index (χ3n) is 2.24. The van der Waals surface area contributed by atoms with E-state index in [0.717, 1.165) is 0 Å². The molecule has 0 spiro atoms. The highest BCUT2D eigenvalue weighted by molar-refractivity contribution is 5.93. The van der Waals surface area contributed by atoms with Gasteiger partial charge in [0.1, 0.15) is 0 Å². The predicted octanol–water partition coefficient (Wildman–Crippen LogP) is 1.40. The van der Waals surface area contributed by atoms with E-state index in [1.807, 2.05) is 7.05 Å². The zero-order valence-electron chi connectivity index (χ0n) is 7.16. The molecule has 3 nitrogen and oxygen atoms in total. The van der Waals surface area contributed by atoms with E-state index in [-0.39, 0.29) is 5.78 Å². The smallest absolute Gasteiger partial charge is 0.198 e. The summed E-state index contributed by atoms with van der Waals surface area (Å²) in [6.45, 7) is 0. The van der Waals surface area contributed by atoms with Gasteiger partial charge in [0.25, 0.3) is 0 Å². The van der Waals surface area contributed by atoms with Gasteiger partial charge in [-0.25, -0.2) is 4.98 Å². The van der Waals surface area contributed by atoms with Crippen LogP contribution in [0.3, 0.4) is 0 Å². The van der Waals surface area contributed by atoms with Crippen LogP contribution in [0.15, 0.2) is 12.4 Å². The van der Waals surface area contributed by atoms with Crippen molar-refractivity contribution in [2.75, 3.05) is 0 Å². The lowest BCUT2D eigenvalue weighted by Crippen LogP contribution is -2.07. The van der Waals surface area contributed by atoms with Crippen LogP contribution in [-0.4, -0.2) is 15.3 Å². The number of aryl methyl sites for hydroxylation is 1. The quantitative estimate of drug-likeness (QED) is 0.633. The Kier molecular flexibility index (Phi) is 1.71. The first-order chi connectivity index (χ1) is 5.77. The highest BCUT2D eigenvalue weighted by atomic mass is 16.1. The number of nitrogens with zero attached hydrogens (tertiary/aromatic N) is 2. The van der Waals surface area contributed by atoms with Gasteiger partial charge in [-0.1, -0.05) is 0 Å². The summed E-state index contributed by atoms with van der Waals surface area (Å²) in [6.07, 6.45) is 6.59. The lowest BCUT2D eigenvalue weighted by molar-refractivity contribution is 0.0963. The van der Waals surface area contributed by atoms with E-state index >= 15 is 0 Å². The van der Waals surface area contributed by atoms with Gasteiger partial charge in [-0.2, -0.15) is 0 Å². The van der Waals surface area contributed by atoms with Crippen molar-refractivity contribution in [3.05, 3.63) is 18.2 Å². The Bertz CT molecular complexity index is 299. The maximum atomic E-state index is 11.5. The van der Waals surface area contributed by atoms with Crippen molar-refractivity contribution in [1.82, 2.24) is 9.55 Å². The molecule has 0 amide bonds. The van der Waals surface area contributed by atoms with Crippen molar-refractivity contribution < 1.29 is 4.79 Å². The van der Waals surface area contributed by atoms with Crippen molar-refractivity contribution in [3.8, 4) is 0 Å². The Labute approximate surface area is 71.4 Å². The Morgan fingerprint density at radius 1 is 1.75 bits per heavy atom. The molecule has 0 saturated heterocycles. The van der Waals surface area contributed by atoms with Crippen LogP contribution in [-0.2, 0) is 7.05 Å². The molecule has 0 aromatic carbocycles. The molecule has 1 aromatic rings. The van der Waals surface area contributed by atoms with Gasteiger partial charge in [-0.15, -0.1) is 0 Å². The molecule has 1 aliphatic carbocycles. The molecule has 0 atom stereocenters. The molecule has 0 bridgehead atoms. The Hall–Kier alpha value is -1.12. The molecule has 64 valence electrons. The third kappa shape index (κ3) is 1.40. The zero-order chi connectivity index (χ0) is 8.55. The van der Waals surface area contributed by atoms with E-state index < -0.39 is 0 Å². The van der Waals surface area contributed by atoms with E-state index in [2.05, 4.69) is 4.98 Å². The van der Waals surface area contributed by atoms with Crippen molar-refractivity contribution in [1.29, 1.82) is 0 Å². The van der Waals surface area contributed by atoms with Crippen molar-refractivity contribution in [2.45, 2.75) is 19.3 Å². The van der Waals surface area contributed by atoms with Crippen LogP contribution in [0.1, 0.15) is 29.9 Å². The second kappa shape index (κ2) is 2.73. The van der Waals surface area contributed by atoms with Crippen molar-refractivity contribution in [2.24, 2.45) is 13.0 Å². The van der Waals surface area contributed by atoms with E-state index in [9.17, 15) is 4.79 Å². The number of carbonyl (C=O) groups is 1. The molecule has 0 aliphatic heterocycles. The fourth-order valence-electron chi connectivity index (χ4n) is 1.31. The highest BCUT2D eigenvalue weighted by Gasteiger charge is 2.26. The van der Waals surface area contributed by atoms with Crippen molar-refractivity contribution >= 4 is 5.78 Å². The number of imidazole rings is 1. The van der Waals surface area contributed by atoms with Crippen LogP contribution in [0.25, 0.3) is 0 Å². The van der Waals surface area contributed by atoms with Crippen molar-refractivity contribution in [3.63, 3.8) is 0 Å². The minimum Gasteiger partial charge on any atom is -0.332 e. The van der Waals surface area contributed by atoms with Crippen LogP contribution < -0.4 is 0 Å². The fourth-order valence-corrected chi connectivity index (χ4v) is 1.31. The van der Waals surface area contributed by atoms with Crippen LogP contribution in [0, 0.1) is 5.92 Å². The summed E-state index contributed by atoms with van der Waals surface area (Å²) in [5, 5.41) is 0. The molecular formula is C9H12N2O. The molecular weight excluding hydrogens is 152 g/mol. The second-order valence-corrected chi connectivity index (χ2v) is 3.43. The molecule has 12 heavy (non-hydrogen) atoms. The van der Waals surface area contributed by atoms with Gasteiger partial charge in [-0.05, 0) is 18.8 Å². The number of ketones is 1. The summed E-state index contributed by atoms with van der Waals surface area (Å²) < 4.78 is 1.78. The van der Waals surface area contributed by atoms with Gasteiger partial charge in [0.05, 0.1) is 0 Å². The molecule has 1 aliphatic rings. The van der Waals surface area contributed by atoms with Gasteiger partial charge in [0.2, 0.25) is 0 Å². The van der Waals surface area contributed by atoms with Gasteiger partial charge >= 0.3 is 0 Å². The van der Waals surface area contributed by atoms with E-state index in [1.165, 1.54) is 12.8 Å². The Morgan fingerprint density at radius 2 is 2.50 bits per heavy atom. The maximum Gasteiger partial charge on any atom is 0.198 e. The number of aromatic nitrogens is 2. The largest absolute Gasteiger partial charge is 0.332 e. The summed E-state index contributed by atoms with van der Waals surface area (Å²) in [6, 6.07) is 0. The summed E-state index contributed by atoms with van der Waals surface area (Å²) >= 11 is 0. The number of rotatable bonds is 3. The minimum absolute atomic E-state index is 0.185. The van der Waals surface area contributed by atoms with E-state index in [4.69, 9.17) is 0 Å². The molecule has 1 heterocycles. The van der Waals surface area contributed by atoms with Gasteiger partial charge in [-0.3, -0.25) is 4.79 Å². The normalized spacial score (nSPS) is 16.4. The average molecular weight is 164 g/mol. The first-order valence-corrected chi connectivity index (χ1v) is 4.28. The fraction of sp³-hybridized carbons (Fsp3) is 0.556. The molecule has 0 unspecified atom stereocenters. The Morgan fingerprint density at radius 3 is 3.00 bits per heavy atom. The Balaban J connectivity index is 2.07. The molecule has 0 N–H and O–H groups in total. The predicted molar refractivity (Wildman–Crippen MR) is 44.9 cm³/mol. The third-order valence-corrected chi connectivity index (χ3v) is 2.24. The molecule has 1 saturated carbocycles. The summed E-state index contributed by atoms with van der Waals surface area (Å²) in [5.41, 5.74) is 0. The van der Waals surface area contributed by atoms with Crippen LogP contribution in [0.4, 0.5) is 0 Å². The van der Waals surface area contributed by atoms with E-state index in [0.29, 0.717) is 18.2 Å². The lowest BCUT2D eigenvalue weighted by atomic mass is 10.2. The van der Waals surface area contributed by atoms with Gasteiger partial charge in [0.15, 0.2) is 11.6 Å². The number of hydrogen-bond acceptors (Lipinski definition) is 2. The second-order valence-electron chi connectivity index (χ2n) is 3.43. The minimum atomic E-state index is 0.185. The molecule has 1 aromatic heterocycles. The van der Waals surface area contributed by atoms with Crippen LogP contribution >= 0.6 is 0 Å². The monoisotopic (exact) mass is 164 g/mol. The zero-order valence-corrected chi connectivity index (χ0v) is 7.16. The molecule has 3 heteroatoms. The highest BCUT2D eigenvalue weighted by Crippen LogP contribution is 2.33. The molecule has 2 rings (SSSR count). The summed E-state index contributed by atoms with van der Waals surface area (Å²) in [5.74, 6) is 1.43. The number of Topliss-reactive ketones (excluding diaryl/α,β-unsaturated/α-hetero) is 1. The lowest BCUT2D eigenvalue weighted by Gasteiger charge is -1.98. The van der Waals surface area contributed by atoms with Crippen LogP contribution in [0.5, 0.6) is 0 Å². The average Bonchev–Trinajstić information content (AvgIpc) is 2.72. The number of hydrogen-bond donors (Lipinski definition) is 0. The van der Waals surface area contributed by atoms with Gasteiger partial charge in [0, 0.05) is 25.9 Å². The summed E-state index contributed by atoms with van der Waals surface area (Å²) in [4.78, 5) is 15.5. The maximum absolute atomic E-state index is 11.5. The van der Waals surface area contributed by atoms with Crippen LogP contribution in [0.2, 0.25) is 0 Å². The number of carbonyl (C=O) groups excluding carboxylic acids is 1. The molecule has 0 radical (unpaired) electrons. The first kappa shape index (κ1) is 7.53. The van der Waals surface area contributed by atoms with Gasteiger partial charge < -0.3 is 4.57 Å².